The second kappa shape index (κ2) is 13.8. The number of fused-ring (bicyclic) bond motifs is 3. The fraction of sp³-hybridized carbons (Fsp3) is 0. The quantitative estimate of drug-likeness (QED) is 0.165. The Morgan fingerprint density at radius 1 is 0.327 bits per heavy atom. The van der Waals surface area contributed by atoms with E-state index in [1.165, 1.54) is 0 Å². The lowest BCUT2D eigenvalue weighted by atomic mass is 9.97. The molecule has 0 spiro atoms. The molecule has 10 rings (SSSR count). The lowest BCUT2D eigenvalue weighted by molar-refractivity contribution is 0.670. The van der Waals surface area contributed by atoms with Gasteiger partial charge in [0.1, 0.15) is 11.2 Å². The minimum Gasteiger partial charge on any atom is -0.455 e. The van der Waals surface area contributed by atoms with Gasteiger partial charge in [0.05, 0.1) is 12.4 Å². The maximum absolute atomic E-state index is 8.37. The molecular formula is C51H33N3O. The number of aromatic nitrogens is 3. The average molecular weight is 709 g/mol. The van der Waals surface area contributed by atoms with Crippen molar-refractivity contribution in [3.05, 3.63) is 200 Å². The summed E-state index contributed by atoms with van der Waals surface area (Å²) >= 11 is 0. The number of furan rings is 1. The topological polar surface area (TPSA) is 51.8 Å². The molecule has 0 N–H and O–H groups in total. The third-order valence-corrected chi connectivity index (χ3v) is 9.86. The number of hydrogen-bond donors (Lipinski definition) is 0. The standard InChI is InChI=1S/C51H33N3O/c1-4-13-34(14-5-1)36-25-27-37(28-26-36)38-29-31-39(32-30-38)43-21-11-22-44-45-23-12-24-46(48(45)55-47(43)44)51-53-49(40-17-8-3-9-18-40)52-50(54-51)42-20-10-19-41(33-42)35-15-6-2-7-16-35/h1-33H/i1D,4D,5D,13D,14D. The molecule has 4 nitrogen and oxygen atoms in total. The van der Waals surface area contributed by atoms with Gasteiger partial charge in [0.2, 0.25) is 0 Å². The van der Waals surface area contributed by atoms with Crippen molar-refractivity contribution in [1.29, 1.82) is 0 Å². The second-order valence-electron chi connectivity index (χ2n) is 13.2. The number of benzene rings is 8. The maximum Gasteiger partial charge on any atom is 0.167 e. The van der Waals surface area contributed by atoms with Crippen molar-refractivity contribution in [3.8, 4) is 78.7 Å². The van der Waals surface area contributed by atoms with Gasteiger partial charge in [-0.2, -0.15) is 0 Å². The summed E-state index contributed by atoms with van der Waals surface area (Å²) in [5.74, 6) is 1.64. The van der Waals surface area contributed by atoms with E-state index in [9.17, 15) is 0 Å². The predicted molar refractivity (Wildman–Crippen MR) is 225 cm³/mol. The first-order valence-electron chi connectivity index (χ1n) is 20.5. The van der Waals surface area contributed by atoms with E-state index in [1.807, 2.05) is 103 Å². The molecule has 0 aliphatic rings. The van der Waals surface area contributed by atoms with Crippen molar-refractivity contribution in [3.63, 3.8) is 0 Å². The van der Waals surface area contributed by atoms with Crippen molar-refractivity contribution in [2.45, 2.75) is 0 Å². The van der Waals surface area contributed by atoms with Gasteiger partial charge in [0, 0.05) is 27.5 Å². The second-order valence-corrected chi connectivity index (χ2v) is 13.2. The molecule has 55 heavy (non-hydrogen) atoms. The Hall–Kier alpha value is -7.43. The van der Waals surface area contributed by atoms with Crippen molar-refractivity contribution in [2.24, 2.45) is 0 Å². The van der Waals surface area contributed by atoms with Crippen LogP contribution in [0, 0.1) is 0 Å². The number of hydrogen-bond acceptors (Lipinski definition) is 4. The van der Waals surface area contributed by atoms with Gasteiger partial charge in [-0.25, -0.2) is 15.0 Å². The summed E-state index contributed by atoms with van der Waals surface area (Å²) in [6, 6.07) is 54.8. The van der Waals surface area contributed by atoms with Crippen LogP contribution in [0.5, 0.6) is 0 Å². The van der Waals surface area contributed by atoms with E-state index in [-0.39, 0.29) is 29.7 Å². The van der Waals surface area contributed by atoms with Crippen LogP contribution in [0.4, 0.5) is 0 Å². The first kappa shape index (κ1) is 27.2. The molecule has 0 amide bonds. The van der Waals surface area contributed by atoms with Crippen LogP contribution in [0.2, 0.25) is 0 Å². The van der Waals surface area contributed by atoms with E-state index < -0.39 is 6.04 Å². The molecule has 0 atom stereocenters. The van der Waals surface area contributed by atoms with Crippen molar-refractivity contribution >= 4 is 21.9 Å². The van der Waals surface area contributed by atoms with Crippen molar-refractivity contribution in [2.75, 3.05) is 0 Å². The Morgan fingerprint density at radius 2 is 0.782 bits per heavy atom. The lowest BCUT2D eigenvalue weighted by Gasteiger charge is -2.10. The van der Waals surface area contributed by atoms with Crippen molar-refractivity contribution in [1.82, 2.24) is 15.0 Å². The Labute approximate surface area is 326 Å². The zero-order chi connectivity index (χ0) is 40.9. The van der Waals surface area contributed by atoms with Crippen LogP contribution >= 0.6 is 0 Å². The summed E-state index contributed by atoms with van der Waals surface area (Å²) in [5.41, 5.74) is 10.7. The first-order valence-corrected chi connectivity index (χ1v) is 18.0. The molecule has 0 saturated heterocycles. The monoisotopic (exact) mass is 708 g/mol. The minimum atomic E-state index is -0.403. The Morgan fingerprint density at radius 3 is 1.44 bits per heavy atom. The van der Waals surface area contributed by atoms with Crippen molar-refractivity contribution < 1.29 is 11.3 Å². The molecule has 0 saturated carbocycles. The lowest BCUT2D eigenvalue weighted by Crippen LogP contribution is -2.00. The van der Waals surface area contributed by atoms with Gasteiger partial charge in [0.25, 0.3) is 0 Å². The van der Waals surface area contributed by atoms with E-state index >= 15 is 0 Å². The molecule has 8 aromatic carbocycles. The van der Waals surface area contributed by atoms with Crippen LogP contribution in [-0.2, 0) is 0 Å². The van der Waals surface area contributed by atoms with E-state index in [1.54, 1.807) is 12.1 Å². The Kier molecular flexibility index (Phi) is 6.85. The molecule has 258 valence electrons. The SMILES string of the molecule is [2H]c1c([2H])c([2H])c(-c2ccc(-c3ccc(-c4cccc5c4oc4c(-c6nc(-c7ccccc7)nc(-c7cccc(-c8ccccc8)c7)n6)cccc45)cc3)cc2)c([2H])c1[2H]. The van der Waals surface area contributed by atoms with Gasteiger partial charge in [-0.1, -0.05) is 188 Å². The van der Waals surface area contributed by atoms with Gasteiger partial charge in [0.15, 0.2) is 17.5 Å². The highest BCUT2D eigenvalue weighted by molar-refractivity contribution is 6.12. The van der Waals surface area contributed by atoms with Crippen LogP contribution in [0.1, 0.15) is 6.85 Å². The third-order valence-electron chi connectivity index (χ3n) is 9.86. The summed E-state index contributed by atoms with van der Waals surface area (Å²) in [6.07, 6.45) is 0. The van der Waals surface area contributed by atoms with Crippen LogP contribution in [0.15, 0.2) is 204 Å². The number of nitrogens with zero attached hydrogens (tertiary/aromatic N) is 3. The fourth-order valence-electron chi connectivity index (χ4n) is 7.10. The summed E-state index contributed by atoms with van der Waals surface area (Å²) in [7, 11) is 0. The van der Waals surface area contributed by atoms with E-state index in [4.69, 9.17) is 26.2 Å². The number of rotatable bonds is 7. The molecule has 2 aromatic heterocycles. The summed E-state index contributed by atoms with van der Waals surface area (Å²) in [4.78, 5) is 15.1. The minimum absolute atomic E-state index is 0.186. The number of para-hydroxylation sites is 2. The fourth-order valence-corrected chi connectivity index (χ4v) is 7.10. The van der Waals surface area contributed by atoms with E-state index in [0.717, 1.165) is 66.4 Å². The Balaban J connectivity index is 1.03. The first-order chi connectivity index (χ1) is 29.3. The largest absolute Gasteiger partial charge is 0.455 e. The molecule has 0 radical (unpaired) electrons. The smallest absolute Gasteiger partial charge is 0.167 e. The maximum atomic E-state index is 8.37. The molecule has 0 aliphatic heterocycles. The van der Waals surface area contributed by atoms with Crippen LogP contribution in [-0.4, -0.2) is 15.0 Å². The highest BCUT2D eigenvalue weighted by atomic mass is 16.3. The molecule has 10 aromatic rings. The summed E-state index contributed by atoms with van der Waals surface area (Å²) in [6.45, 7) is 0. The highest BCUT2D eigenvalue weighted by Gasteiger charge is 2.19. The van der Waals surface area contributed by atoms with Gasteiger partial charge in [-0.3, -0.25) is 0 Å². The Bertz CT molecular complexity index is 3210. The average Bonchev–Trinajstić information content (AvgIpc) is 3.70. The zero-order valence-electron chi connectivity index (χ0n) is 34.4. The van der Waals surface area contributed by atoms with Crippen LogP contribution in [0.25, 0.3) is 101 Å². The van der Waals surface area contributed by atoms with E-state index in [2.05, 4.69) is 54.6 Å². The third kappa shape index (κ3) is 6.16. The zero-order valence-corrected chi connectivity index (χ0v) is 29.4. The van der Waals surface area contributed by atoms with Crippen LogP contribution in [0.3, 0.4) is 0 Å². The summed E-state index contributed by atoms with van der Waals surface area (Å²) in [5, 5.41) is 1.93. The van der Waals surface area contributed by atoms with Gasteiger partial charge < -0.3 is 4.42 Å². The molecule has 0 bridgehead atoms. The molecular weight excluding hydrogens is 671 g/mol. The van der Waals surface area contributed by atoms with E-state index in [0.29, 0.717) is 28.6 Å². The molecule has 0 aliphatic carbocycles. The molecule has 0 fully saturated rings. The van der Waals surface area contributed by atoms with Gasteiger partial charge in [-0.05, 0) is 51.1 Å². The predicted octanol–water partition coefficient (Wildman–Crippen LogP) is 13.4. The highest BCUT2D eigenvalue weighted by Crippen LogP contribution is 2.40. The molecule has 0 unspecified atom stereocenters. The normalized spacial score (nSPS) is 12.5. The van der Waals surface area contributed by atoms with Crippen LogP contribution < -0.4 is 0 Å². The molecule has 2 heterocycles. The summed E-state index contributed by atoms with van der Waals surface area (Å²) < 4.78 is 47.6. The molecule has 4 heteroatoms. The van der Waals surface area contributed by atoms with Gasteiger partial charge >= 0.3 is 0 Å². The van der Waals surface area contributed by atoms with Gasteiger partial charge in [-0.15, -0.1) is 0 Å².